The van der Waals surface area contributed by atoms with E-state index in [1.54, 1.807) is 31.4 Å². The molecule has 0 atom stereocenters. The molecule has 0 aliphatic heterocycles. The summed E-state index contributed by atoms with van der Waals surface area (Å²) in [5.41, 5.74) is 0.343. The number of hydrogen-bond acceptors (Lipinski definition) is 4. The van der Waals surface area contributed by atoms with Crippen LogP contribution in [0, 0.1) is 5.41 Å². The highest BCUT2D eigenvalue weighted by atomic mass is 16.5. The topological polar surface area (TPSA) is 84.9 Å². The number of hydrogen-bond donors (Lipinski definition) is 2. The minimum Gasteiger partial charge on any atom is -0.482 e. The molecule has 1 aliphatic carbocycles. The van der Waals surface area contributed by atoms with E-state index in [4.69, 9.17) is 14.6 Å². The van der Waals surface area contributed by atoms with Crippen LogP contribution in [0.4, 0.5) is 5.69 Å². The van der Waals surface area contributed by atoms with E-state index in [0.717, 1.165) is 32.1 Å². The normalized spacial score (nSPS) is 16.0. The van der Waals surface area contributed by atoms with Crippen molar-refractivity contribution in [2.24, 2.45) is 5.41 Å². The Bertz CT molecular complexity index is 534. The van der Waals surface area contributed by atoms with Gasteiger partial charge in [0, 0.05) is 19.4 Å². The molecule has 6 nitrogen and oxygen atoms in total. The molecule has 0 aromatic heterocycles. The number of carboxylic acid groups (broad SMARTS) is 1. The van der Waals surface area contributed by atoms with Crippen LogP contribution in [0.5, 0.6) is 5.75 Å². The number of benzene rings is 1. The van der Waals surface area contributed by atoms with Gasteiger partial charge in [-0.15, -0.1) is 0 Å². The van der Waals surface area contributed by atoms with Gasteiger partial charge in [-0.25, -0.2) is 4.79 Å². The first-order valence-electron chi connectivity index (χ1n) is 7.81. The Morgan fingerprint density at radius 2 is 1.87 bits per heavy atom. The van der Waals surface area contributed by atoms with E-state index >= 15 is 0 Å². The number of ether oxygens (including phenoxy) is 2. The summed E-state index contributed by atoms with van der Waals surface area (Å²) in [7, 11) is 1.65. The number of rotatable bonds is 8. The Hall–Kier alpha value is -2.08. The summed E-state index contributed by atoms with van der Waals surface area (Å²) in [5, 5.41) is 11.5. The van der Waals surface area contributed by atoms with E-state index in [1.807, 2.05) is 0 Å². The fourth-order valence-corrected chi connectivity index (χ4v) is 2.98. The average Bonchev–Trinajstić information content (AvgIpc) is 3.02. The minimum absolute atomic E-state index is 0.0336. The van der Waals surface area contributed by atoms with Crippen LogP contribution in [0.25, 0.3) is 0 Å². The monoisotopic (exact) mass is 321 g/mol. The number of methoxy groups -OCH3 is 1. The Morgan fingerprint density at radius 1 is 1.22 bits per heavy atom. The summed E-state index contributed by atoms with van der Waals surface area (Å²) in [6, 6.07) is 6.73. The molecule has 1 aliphatic rings. The quantitative estimate of drug-likeness (QED) is 0.769. The van der Waals surface area contributed by atoms with Gasteiger partial charge in [0.1, 0.15) is 5.75 Å². The maximum absolute atomic E-state index is 12.7. The lowest BCUT2D eigenvalue weighted by Crippen LogP contribution is -2.34. The summed E-state index contributed by atoms with van der Waals surface area (Å²) in [5.74, 6) is -0.532. The third-order valence-corrected chi connectivity index (χ3v) is 4.30. The largest absolute Gasteiger partial charge is 0.482 e. The maximum Gasteiger partial charge on any atom is 0.341 e. The average molecular weight is 321 g/mol. The van der Waals surface area contributed by atoms with Gasteiger partial charge in [-0.1, -0.05) is 12.8 Å². The van der Waals surface area contributed by atoms with Crippen LogP contribution >= 0.6 is 0 Å². The van der Waals surface area contributed by atoms with E-state index in [1.165, 1.54) is 0 Å². The summed E-state index contributed by atoms with van der Waals surface area (Å²) in [6.45, 7) is 0.196. The van der Waals surface area contributed by atoms with Gasteiger partial charge >= 0.3 is 5.97 Å². The smallest absolute Gasteiger partial charge is 0.341 e. The fourth-order valence-electron chi connectivity index (χ4n) is 2.98. The molecule has 0 saturated heterocycles. The summed E-state index contributed by atoms with van der Waals surface area (Å²) in [6.07, 6.45) is 4.65. The number of carboxylic acids is 1. The van der Waals surface area contributed by atoms with Gasteiger partial charge in [0.2, 0.25) is 5.91 Å². The van der Waals surface area contributed by atoms with Gasteiger partial charge in [0.05, 0.1) is 5.41 Å². The molecule has 1 fully saturated rings. The molecule has 0 unspecified atom stereocenters. The molecule has 0 radical (unpaired) electrons. The summed E-state index contributed by atoms with van der Waals surface area (Å²) < 4.78 is 10.2. The van der Waals surface area contributed by atoms with Crippen molar-refractivity contribution in [3.05, 3.63) is 24.3 Å². The molecule has 0 heterocycles. The van der Waals surface area contributed by atoms with Crippen LogP contribution in [-0.2, 0) is 14.3 Å². The first kappa shape index (κ1) is 17.3. The molecule has 1 aromatic carbocycles. The molecule has 0 bridgehead atoms. The predicted molar refractivity (Wildman–Crippen MR) is 85.6 cm³/mol. The molecule has 126 valence electrons. The van der Waals surface area contributed by atoms with Crippen LogP contribution < -0.4 is 10.1 Å². The Labute approximate surface area is 135 Å². The number of carbonyl (C=O) groups is 2. The maximum atomic E-state index is 12.7. The standard InChI is InChI=1S/C17H23NO5/c1-22-11-10-17(8-2-3-9-17)16(21)18-13-4-6-14(7-5-13)23-12-15(19)20/h4-7H,2-3,8-12H2,1H3,(H,18,21)(H,19,20). The van der Waals surface area contributed by atoms with E-state index in [0.29, 0.717) is 18.0 Å². The highest BCUT2D eigenvalue weighted by Gasteiger charge is 2.40. The number of aliphatic carboxylic acids is 1. The van der Waals surface area contributed by atoms with Crippen molar-refractivity contribution in [3.63, 3.8) is 0 Å². The lowest BCUT2D eigenvalue weighted by atomic mass is 9.82. The van der Waals surface area contributed by atoms with Gasteiger partial charge in [0.25, 0.3) is 0 Å². The Balaban J connectivity index is 1.97. The van der Waals surface area contributed by atoms with Crippen LogP contribution in [0.15, 0.2) is 24.3 Å². The van der Waals surface area contributed by atoms with Gasteiger partial charge in [0.15, 0.2) is 6.61 Å². The molecule has 2 N–H and O–H groups in total. The van der Waals surface area contributed by atoms with Crippen LogP contribution in [0.3, 0.4) is 0 Å². The zero-order valence-corrected chi connectivity index (χ0v) is 13.3. The molecule has 6 heteroatoms. The van der Waals surface area contributed by atoms with Crippen LogP contribution in [-0.4, -0.2) is 37.3 Å². The number of carbonyl (C=O) groups excluding carboxylic acids is 1. The van der Waals surface area contributed by atoms with Crippen LogP contribution in [0.1, 0.15) is 32.1 Å². The van der Waals surface area contributed by atoms with Crippen molar-refractivity contribution in [1.29, 1.82) is 0 Å². The van der Waals surface area contributed by atoms with Crippen molar-refractivity contribution in [1.82, 2.24) is 0 Å². The number of nitrogens with one attached hydrogen (secondary N) is 1. The number of anilines is 1. The van der Waals surface area contributed by atoms with E-state index in [2.05, 4.69) is 5.32 Å². The number of amides is 1. The van der Waals surface area contributed by atoms with Gasteiger partial charge < -0.3 is 19.9 Å². The molecule has 0 spiro atoms. The summed E-state index contributed by atoms with van der Waals surface area (Å²) >= 11 is 0. The second-order valence-electron chi connectivity index (χ2n) is 5.89. The van der Waals surface area contributed by atoms with E-state index in [-0.39, 0.29) is 17.9 Å². The van der Waals surface area contributed by atoms with E-state index in [9.17, 15) is 9.59 Å². The highest BCUT2D eigenvalue weighted by molar-refractivity contribution is 5.95. The molecule has 1 aromatic rings. The first-order chi connectivity index (χ1) is 11.1. The predicted octanol–water partition coefficient (Wildman–Crippen LogP) is 2.69. The molecule has 2 rings (SSSR count). The lowest BCUT2D eigenvalue weighted by molar-refractivity contribution is -0.139. The second kappa shape index (κ2) is 7.97. The zero-order valence-electron chi connectivity index (χ0n) is 13.3. The van der Waals surface area contributed by atoms with Crippen molar-refractivity contribution < 1.29 is 24.2 Å². The first-order valence-corrected chi connectivity index (χ1v) is 7.81. The zero-order chi connectivity index (χ0) is 16.7. The molecular weight excluding hydrogens is 298 g/mol. The molecule has 1 saturated carbocycles. The van der Waals surface area contributed by atoms with Crippen molar-refractivity contribution in [2.75, 3.05) is 25.6 Å². The third-order valence-electron chi connectivity index (χ3n) is 4.30. The van der Waals surface area contributed by atoms with Crippen molar-refractivity contribution >= 4 is 17.6 Å². The van der Waals surface area contributed by atoms with Crippen molar-refractivity contribution in [3.8, 4) is 5.75 Å². The SMILES string of the molecule is COCCC1(C(=O)Nc2ccc(OCC(=O)O)cc2)CCCC1. The Morgan fingerprint density at radius 3 is 2.43 bits per heavy atom. The Kier molecular flexibility index (Phi) is 5.98. The molecule has 1 amide bonds. The van der Waals surface area contributed by atoms with Crippen LogP contribution in [0.2, 0.25) is 0 Å². The second-order valence-corrected chi connectivity index (χ2v) is 5.89. The van der Waals surface area contributed by atoms with Gasteiger partial charge in [-0.2, -0.15) is 0 Å². The van der Waals surface area contributed by atoms with Gasteiger partial charge in [-0.3, -0.25) is 4.79 Å². The lowest BCUT2D eigenvalue weighted by Gasteiger charge is -2.27. The minimum atomic E-state index is -1.02. The van der Waals surface area contributed by atoms with Gasteiger partial charge in [-0.05, 0) is 43.5 Å². The summed E-state index contributed by atoms with van der Waals surface area (Å²) in [4.78, 5) is 23.1. The third kappa shape index (κ3) is 4.69. The molecular formula is C17H23NO5. The highest BCUT2D eigenvalue weighted by Crippen LogP contribution is 2.42. The molecule has 23 heavy (non-hydrogen) atoms. The van der Waals surface area contributed by atoms with Crippen molar-refractivity contribution in [2.45, 2.75) is 32.1 Å². The fraction of sp³-hybridized carbons (Fsp3) is 0.529. The van der Waals surface area contributed by atoms with E-state index < -0.39 is 5.97 Å².